The van der Waals surface area contributed by atoms with Crippen molar-refractivity contribution >= 4 is 11.9 Å². The number of ether oxygens (including phenoxy) is 1. The van der Waals surface area contributed by atoms with Crippen LogP contribution in [0, 0.1) is 5.41 Å². The molecule has 0 rings (SSSR count). The Morgan fingerprint density at radius 2 is 2.06 bits per heavy atom. The minimum atomic E-state index is -0.595. The lowest BCUT2D eigenvalue weighted by Crippen LogP contribution is -2.36. The van der Waals surface area contributed by atoms with Crippen LogP contribution in [0.5, 0.6) is 0 Å². The van der Waals surface area contributed by atoms with Crippen molar-refractivity contribution in [1.29, 1.82) is 5.41 Å². The summed E-state index contributed by atoms with van der Waals surface area (Å²) in [7, 11) is 0. The standard InChI is InChI=1S/C12H26N4O2/c1-3-4-6-9(2)18-11(17)10(13)7-5-8-16-12(14)15/h9-10H,3-8,13H2,1-2H3,(H4,14,15,16). The highest BCUT2D eigenvalue weighted by Crippen LogP contribution is 2.06. The molecule has 0 bridgehead atoms. The zero-order valence-electron chi connectivity index (χ0n) is 11.4. The van der Waals surface area contributed by atoms with E-state index >= 15 is 0 Å². The lowest BCUT2D eigenvalue weighted by Gasteiger charge is -2.16. The molecular weight excluding hydrogens is 232 g/mol. The van der Waals surface area contributed by atoms with Crippen LogP contribution in [0.15, 0.2) is 0 Å². The summed E-state index contributed by atoms with van der Waals surface area (Å²) in [5.74, 6) is -0.416. The number of unbranched alkanes of at least 4 members (excludes halogenated alkanes) is 1. The summed E-state index contributed by atoms with van der Waals surface area (Å²) in [4.78, 5) is 11.6. The second kappa shape index (κ2) is 9.70. The largest absolute Gasteiger partial charge is 0.462 e. The Balaban J connectivity index is 3.71. The maximum absolute atomic E-state index is 11.6. The van der Waals surface area contributed by atoms with Crippen molar-refractivity contribution in [3.8, 4) is 0 Å². The van der Waals surface area contributed by atoms with Crippen LogP contribution in [0.3, 0.4) is 0 Å². The number of hydrogen-bond acceptors (Lipinski definition) is 4. The smallest absolute Gasteiger partial charge is 0.323 e. The van der Waals surface area contributed by atoms with Gasteiger partial charge in [-0.15, -0.1) is 0 Å². The van der Waals surface area contributed by atoms with Crippen LogP contribution in [0.2, 0.25) is 0 Å². The van der Waals surface area contributed by atoms with Crippen molar-refractivity contribution in [3.63, 3.8) is 0 Å². The Bertz CT molecular complexity index is 258. The predicted molar refractivity (Wildman–Crippen MR) is 72.2 cm³/mol. The van der Waals surface area contributed by atoms with Crippen molar-refractivity contribution in [1.82, 2.24) is 5.32 Å². The fraction of sp³-hybridized carbons (Fsp3) is 0.833. The fourth-order valence-corrected chi connectivity index (χ4v) is 1.50. The third-order valence-electron chi connectivity index (χ3n) is 2.59. The molecule has 106 valence electrons. The van der Waals surface area contributed by atoms with Crippen molar-refractivity contribution in [2.75, 3.05) is 6.54 Å². The molecule has 0 aliphatic rings. The number of carbonyl (C=O) groups excluding carboxylic acids is 1. The third-order valence-corrected chi connectivity index (χ3v) is 2.59. The van der Waals surface area contributed by atoms with Gasteiger partial charge in [0.2, 0.25) is 0 Å². The van der Waals surface area contributed by atoms with E-state index in [0.717, 1.165) is 19.3 Å². The number of nitrogens with one attached hydrogen (secondary N) is 2. The highest BCUT2D eigenvalue weighted by Gasteiger charge is 2.17. The summed E-state index contributed by atoms with van der Waals surface area (Å²) in [5.41, 5.74) is 10.9. The molecule has 6 heteroatoms. The fourth-order valence-electron chi connectivity index (χ4n) is 1.50. The number of carbonyl (C=O) groups is 1. The SMILES string of the molecule is CCCCC(C)OC(=O)C(N)CCCNC(=N)N. The van der Waals surface area contributed by atoms with E-state index in [1.165, 1.54) is 0 Å². The van der Waals surface area contributed by atoms with Gasteiger partial charge in [0.15, 0.2) is 5.96 Å². The van der Waals surface area contributed by atoms with E-state index < -0.39 is 6.04 Å². The maximum atomic E-state index is 11.6. The summed E-state index contributed by atoms with van der Waals surface area (Å²) < 4.78 is 5.24. The summed E-state index contributed by atoms with van der Waals surface area (Å²) >= 11 is 0. The van der Waals surface area contributed by atoms with E-state index in [9.17, 15) is 4.79 Å². The number of hydrogen-bond donors (Lipinski definition) is 4. The Labute approximate surface area is 109 Å². The predicted octanol–water partition coefficient (Wildman–Crippen LogP) is 0.699. The molecule has 0 spiro atoms. The molecule has 0 radical (unpaired) electrons. The Morgan fingerprint density at radius 1 is 1.39 bits per heavy atom. The first-order chi connectivity index (χ1) is 8.47. The molecule has 0 aromatic heterocycles. The van der Waals surface area contributed by atoms with E-state index in [1.54, 1.807) is 0 Å². The van der Waals surface area contributed by atoms with Crippen LogP contribution in [0.25, 0.3) is 0 Å². The summed E-state index contributed by atoms with van der Waals surface area (Å²) in [6.45, 7) is 4.53. The number of esters is 1. The van der Waals surface area contributed by atoms with Crippen LogP contribution < -0.4 is 16.8 Å². The van der Waals surface area contributed by atoms with Gasteiger partial charge in [0.25, 0.3) is 0 Å². The topological polar surface area (TPSA) is 114 Å². The highest BCUT2D eigenvalue weighted by molar-refractivity contribution is 5.75. The Morgan fingerprint density at radius 3 is 2.61 bits per heavy atom. The van der Waals surface area contributed by atoms with Gasteiger partial charge in [-0.3, -0.25) is 10.2 Å². The van der Waals surface area contributed by atoms with Crippen molar-refractivity contribution in [2.24, 2.45) is 11.5 Å². The van der Waals surface area contributed by atoms with E-state index in [-0.39, 0.29) is 18.0 Å². The molecule has 0 heterocycles. The lowest BCUT2D eigenvalue weighted by atomic mass is 10.1. The third kappa shape index (κ3) is 8.81. The molecular formula is C12H26N4O2. The van der Waals surface area contributed by atoms with Gasteiger partial charge in [-0.25, -0.2) is 0 Å². The molecule has 0 aliphatic carbocycles. The molecule has 0 saturated carbocycles. The van der Waals surface area contributed by atoms with E-state index in [4.69, 9.17) is 21.6 Å². The molecule has 0 amide bonds. The second-order valence-corrected chi connectivity index (χ2v) is 4.48. The molecule has 2 atom stereocenters. The summed E-state index contributed by atoms with van der Waals surface area (Å²) in [6, 6.07) is -0.595. The monoisotopic (exact) mass is 258 g/mol. The minimum Gasteiger partial charge on any atom is -0.462 e. The first-order valence-corrected chi connectivity index (χ1v) is 6.51. The average Bonchev–Trinajstić information content (AvgIpc) is 2.31. The van der Waals surface area contributed by atoms with E-state index in [1.807, 2.05) is 6.92 Å². The molecule has 0 aromatic rings. The lowest BCUT2D eigenvalue weighted by molar-refractivity contribution is -0.150. The molecule has 0 aromatic carbocycles. The molecule has 0 saturated heterocycles. The number of rotatable bonds is 9. The van der Waals surface area contributed by atoms with Gasteiger partial charge in [-0.2, -0.15) is 0 Å². The highest BCUT2D eigenvalue weighted by atomic mass is 16.5. The van der Waals surface area contributed by atoms with Gasteiger partial charge in [-0.1, -0.05) is 19.8 Å². The molecule has 2 unspecified atom stereocenters. The molecule has 18 heavy (non-hydrogen) atoms. The molecule has 6 nitrogen and oxygen atoms in total. The average molecular weight is 258 g/mol. The van der Waals surface area contributed by atoms with Crippen LogP contribution >= 0.6 is 0 Å². The molecule has 0 fully saturated rings. The van der Waals surface area contributed by atoms with Crippen LogP contribution in [-0.2, 0) is 9.53 Å². The van der Waals surface area contributed by atoms with Crippen molar-refractivity contribution < 1.29 is 9.53 Å². The van der Waals surface area contributed by atoms with E-state index in [0.29, 0.717) is 19.4 Å². The quantitative estimate of drug-likeness (QED) is 0.210. The normalized spacial score (nSPS) is 13.7. The zero-order chi connectivity index (χ0) is 14.0. The van der Waals surface area contributed by atoms with Crippen molar-refractivity contribution in [2.45, 2.75) is 58.1 Å². The number of nitrogens with two attached hydrogens (primary N) is 2. The Hall–Kier alpha value is -1.30. The van der Waals surface area contributed by atoms with Gasteiger partial charge < -0.3 is 21.5 Å². The second-order valence-electron chi connectivity index (χ2n) is 4.48. The van der Waals surface area contributed by atoms with Crippen LogP contribution in [0.4, 0.5) is 0 Å². The van der Waals surface area contributed by atoms with Gasteiger partial charge in [0.05, 0.1) is 6.10 Å². The first-order valence-electron chi connectivity index (χ1n) is 6.51. The van der Waals surface area contributed by atoms with Gasteiger partial charge in [0, 0.05) is 6.54 Å². The van der Waals surface area contributed by atoms with Crippen LogP contribution in [0.1, 0.15) is 46.0 Å². The zero-order valence-corrected chi connectivity index (χ0v) is 11.4. The van der Waals surface area contributed by atoms with Crippen LogP contribution in [-0.4, -0.2) is 30.6 Å². The molecule has 6 N–H and O–H groups in total. The Kier molecular flexibility index (Phi) is 9.00. The first kappa shape index (κ1) is 16.7. The van der Waals surface area contributed by atoms with Gasteiger partial charge >= 0.3 is 5.97 Å². The van der Waals surface area contributed by atoms with Gasteiger partial charge in [0.1, 0.15) is 6.04 Å². The van der Waals surface area contributed by atoms with Crippen molar-refractivity contribution in [3.05, 3.63) is 0 Å². The molecule has 0 aliphatic heterocycles. The number of guanidine groups is 1. The maximum Gasteiger partial charge on any atom is 0.323 e. The summed E-state index contributed by atoms with van der Waals surface area (Å²) in [6.07, 6.45) is 4.15. The van der Waals surface area contributed by atoms with Gasteiger partial charge in [-0.05, 0) is 26.2 Å². The minimum absolute atomic E-state index is 0.0701. The summed E-state index contributed by atoms with van der Waals surface area (Å²) in [5, 5.41) is 9.63. The van der Waals surface area contributed by atoms with E-state index in [2.05, 4.69) is 12.2 Å².